The number of hydrogen-bond donors (Lipinski definition) is 2. The number of aromatic nitrogens is 2. The molecule has 1 fully saturated rings. The standard InChI is InChI=1S/C24H29N5O4/c1-16-6-8-29-15-18(27-22(29)10-16)13-26-23(30)12-20-24(31)25-7-9-28(20)14-17-4-5-19(32-2)11-21(17)33-3/h4-6,8,10-11,15,20H,7,9,12-14H2,1-3H3,(H,25,31)(H,26,30)/t20-/m1/s1. The predicted molar refractivity (Wildman–Crippen MR) is 123 cm³/mol. The van der Waals surface area contributed by atoms with Crippen molar-refractivity contribution < 1.29 is 19.1 Å². The van der Waals surface area contributed by atoms with E-state index in [0.29, 0.717) is 37.7 Å². The maximum Gasteiger partial charge on any atom is 0.237 e. The highest BCUT2D eigenvalue weighted by atomic mass is 16.5. The molecular weight excluding hydrogens is 422 g/mol. The number of nitrogens with one attached hydrogen (secondary N) is 2. The van der Waals surface area contributed by atoms with E-state index in [0.717, 1.165) is 22.5 Å². The fourth-order valence-electron chi connectivity index (χ4n) is 4.03. The van der Waals surface area contributed by atoms with Crippen LogP contribution in [0.25, 0.3) is 5.65 Å². The molecule has 9 heteroatoms. The Kier molecular flexibility index (Phi) is 6.79. The molecule has 0 aliphatic carbocycles. The van der Waals surface area contributed by atoms with Gasteiger partial charge in [-0.15, -0.1) is 0 Å². The molecule has 0 bridgehead atoms. The highest BCUT2D eigenvalue weighted by Crippen LogP contribution is 2.27. The summed E-state index contributed by atoms with van der Waals surface area (Å²) in [6.07, 6.45) is 3.90. The van der Waals surface area contributed by atoms with Crippen molar-refractivity contribution in [3.05, 3.63) is 59.5 Å². The molecule has 2 N–H and O–H groups in total. The maximum absolute atomic E-state index is 12.7. The molecule has 0 unspecified atom stereocenters. The SMILES string of the molecule is COc1ccc(CN2CCNC(=O)[C@H]2CC(=O)NCc2cn3ccc(C)cc3n2)c(OC)c1. The highest BCUT2D eigenvalue weighted by Gasteiger charge is 2.32. The quantitative estimate of drug-likeness (QED) is 0.541. The lowest BCUT2D eigenvalue weighted by molar-refractivity contribution is -0.134. The van der Waals surface area contributed by atoms with Gasteiger partial charge in [0.25, 0.3) is 0 Å². The molecule has 1 aliphatic heterocycles. The van der Waals surface area contributed by atoms with Crippen LogP contribution in [-0.4, -0.2) is 59.4 Å². The van der Waals surface area contributed by atoms with Crippen LogP contribution in [0.15, 0.2) is 42.7 Å². The van der Waals surface area contributed by atoms with Gasteiger partial charge in [-0.2, -0.15) is 0 Å². The summed E-state index contributed by atoms with van der Waals surface area (Å²) in [5, 5.41) is 5.77. The van der Waals surface area contributed by atoms with E-state index in [4.69, 9.17) is 9.47 Å². The van der Waals surface area contributed by atoms with Gasteiger partial charge in [0, 0.05) is 43.7 Å². The molecule has 4 rings (SSSR count). The molecule has 0 radical (unpaired) electrons. The Labute approximate surface area is 192 Å². The number of benzene rings is 1. The number of pyridine rings is 1. The highest BCUT2D eigenvalue weighted by molar-refractivity contribution is 5.88. The van der Waals surface area contributed by atoms with Gasteiger partial charge in [-0.1, -0.05) is 6.07 Å². The maximum atomic E-state index is 12.7. The summed E-state index contributed by atoms with van der Waals surface area (Å²) in [6.45, 7) is 3.99. The van der Waals surface area contributed by atoms with Gasteiger partial charge in [0.15, 0.2) is 0 Å². The molecule has 0 spiro atoms. The Morgan fingerprint density at radius 1 is 1.24 bits per heavy atom. The summed E-state index contributed by atoms with van der Waals surface area (Å²) < 4.78 is 12.7. The number of carbonyl (C=O) groups excluding carboxylic acids is 2. The molecule has 1 atom stereocenters. The number of ether oxygens (including phenoxy) is 2. The lowest BCUT2D eigenvalue weighted by atomic mass is 10.1. The van der Waals surface area contributed by atoms with Crippen LogP contribution in [0.3, 0.4) is 0 Å². The molecular formula is C24H29N5O4. The van der Waals surface area contributed by atoms with Crippen LogP contribution in [0, 0.1) is 6.92 Å². The van der Waals surface area contributed by atoms with Gasteiger partial charge in [-0.05, 0) is 30.7 Å². The number of carbonyl (C=O) groups is 2. The van der Waals surface area contributed by atoms with Crippen LogP contribution in [0.4, 0.5) is 0 Å². The van der Waals surface area contributed by atoms with Crippen molar-refractivity contribution in [2.45, 2.75) is 32.5 Å². The molecule has 2 amide bonds. The van der Waals surface area contributed by atoms with Crippen LogP contribution in [-0.2, 0) is 22.7 Å². The molecule has 2 aromatic heterocycles. The Morgan fingerprint density at radius 3 is 2.88 bits per heavy atom. The van der Waals surface area contributed by atoms with Gasteiger partial charge in [-0.3, -0.25) is 14.5 Å². The summed E-state index contributed by atoms with van der Waals surface area (Å²) in [5.74, 6) is 1.04. The Morgan fingerprint density at radius 2 is 2.09 bits per heavy atom. The van der Waals surface area contributed by atoms with Crippen molar-refractivity contribution in [2.75, 3.05) is 27.3 Å². The zero-order valence-electron chi connectivity index (χ0n) is 19.1. The average Bonchev–Trinajstić information content (AvgIpc) is 3.22. The minimum absolute atomic E-state index is 0.0663. The number of piperazine rings is 1. The van der Waals surface area contributed by atoms with E-state index in [2.05, 4.69) is 15.6 Å². The molecule has 1 aliphatic rings. The molecule has 0 saturated carbocycles. The zero-order valence-corrected chi connectivity index (χ0v) is 19.1. The van der Waals surface area contributed by atoms with E-state index < -0.39 is 6.04 Å². The third-order valence-electron chi connectivity index (χ3n) is 5.82. The first-order valence-electron chi connectivity index (χ1n) is 10.9. The second kappa shape index (κ2) is 9.91. The van der Waals surface area contributed by atoms with Crippen molar-refractivity contribution in [3.8, 4) is 11.5 Å². The fraction of sp³-hybridized carbons (Fsp3) is 0.375. The van der Waals surface area contributed by atoms with E-state index >= 15 is 0 Å². The molecule has 3 aromatic rings. The fourth-order valence-corrected chi connectivity index (χ4v) is 4.03. The van der Waals surface area contributed by atoms with Crippen LogP contribution >= 0.6 is 0 Å². The van der Waals surface area contributed by atoms with Gasteiger partial charge >= 0.3 is 0 Å². The smallest absolute Gasteiger partial charge is 0.237 e. The lowest BCUT2D eigenvalue weighted by Gasteiger charge is -2.35. The minimum Gasteiger partial charge on any atom is -0.497 e. The van der Waals surface area contributed by atoms with E-state index in [1.54, 1.807) is 14.2 Å². The van der Waals surface area contributed by atoms with Crippen LogP contribution in [0.2, 0.25) is 0 Å². The van der Waals surface area contributed by atoms with E-state index in [1.165, 1.54) is 0 Å². The van der Waals surface area contributed by atoms with Crippen LogP contribution in [0.1, 0.15) is 23.2 Å². The number of amides is 2. The molecule has 33 heavy (non-hydrogen) atoms. The Bertz CT molecular complexity index is 1160. The van der Waals surface area contributed by atoms with Gasteiger partial charge in [-0.25, -0.2) is 4.98 Å². The van der Waals surface area contributed by atoms with Crippen LogP contribution in [0.5, 0.6) is 11.5 Å². The zero-order chi connectivity index (χ0) is 23.4. The number of rotatable bonds is 8. The van der Waals surface area contributed by atoms with Crippen molar-refractivity contribution >= 4 is 17.5 Å². The third kappa shape index (κ3) is 5.25. The number of imidazole rings is 1. The summed E-state index contributed by atoms with van der Waals surface area (Å²) in [6, 6.07) is 9.03. The number of nitrogens with zero attached hydrogens (tertiary/aromatic N) is 3. The number of hydrogen-bond acceptors (Lipinski definition) is 6. The Hall–Kier alpha value is -3.59. The van der Waals surface area contributed by atoms with E-state index in [1.807, 2.05) is 58.9 Å². The summed E-state index contributed by atoms with van der Waals surface area (Å²) in [4.78, 5) is 31.9. The molecule has 174 valence electrons. The van der Waals surface area contributed by atoms with Crippen molar-refractivity contribution in [1.82, 2.24) is 24.9 Å². The molecule has 1 aromatic carbocycles. The van der Waals surface area contributed by atoms with Crippen LogP contribution < -0.4 is 20.1 Å². The number of aryl methyl sites for hydroxylation is 1. The minimum atomic E-state index is -0.561. The predicted octanol–water partition coefficient (Wildman–Crippen LogP) is 1.67. The molecule has 1 saturated heterocycles. The van der Waals surface area contributed by atoms with Crippen molar-refractivity contribution in [3.63, 3.8) is 0 Å². The largest absolute Gasteiger partial charge is 0.497 e. The summed E-state index contributed by atoms with van der Waals surface area (Å²) in [5.41, 5.74) is 3.66. The van der Waals surface area contributed by atoms with Gasteiger partial charge in [0.05, 0.1) is 38.9 Å². The first-order valence-corrected chi connectivity index (χ1v) is 10.9. The van der Waals surface area contributed by atoms with Gasteiger partial charge in [0.1, 0.15) is 17.1 Å². The first kappa shape index (κ1) is 22.6. The topological polar surface area (TPSA) is 97.2 Å². The third-order valence-corrected chi connectivity index (χ3v) is 5.82. The van der Waals surface area contributed by atoms with E-state index in [9.17, 15) is 9.59 Å². The van der Waals surface area contributed by atoms with Gasteiger partial charge in [0.2, 0.25) is 11.8 Å². The second-order valence-electron chi connectivity index (χ2n) is 8.14. The van der Waals surface area contributed by atoms with Gasteiger partial charge < -0.3 is 24.5 Å². The summed E-state index contributed by atoms with van der Waals surface area (Å²) in [7, 11) is 3.21. The van der Waals surface area contributed by atoms with Crippen molar-refractivity contribution in [1.29, 1.82) is 0 Å². The second-order valence-corrected chi connectivity index (χ2v) is 8.14. The van der Waals surface area contributed by atoms with E-state index in [-0.39, 0.29) is 18.2 Å². The number of methoxy groups -OCH3 is 2. The number of fused-ring (bicyclic) bond motifs is 1. The monoisotopic (exact) mass is 451 g/mol. The lowest BCUT2D eigenvalue weighted by Crippen LogP contribution is -2.56. The first-order chi connectivity index (χ1) is 16.0. The average molecular weight is 452 g/mol. The molecule has 3 heterocycles. The Balaban J connectivity index is 1.41. The molecule has 9 nitrogen and oxygen atoms in total. The normalized spacial score (nSPS) is 16.5. The summed E-state index contributed by atoms with van der Waals surface area (Å²) >= 11 is 0. The van der Waals surface area contributed by atoms with Crippen molar-refractivity contribution in [2.24, 2.45) is 0 Å².